The van der Waals surface area contributed by atoms with Crippen LogP contribution in [0.2, 0.25) is 0 Å². The lowest BCUT2D eigenvalue weighted by atomic mass is 9.84. The van der Waals surface area contributed by atoms with E-state index in [0.29, 0.717) is 5.92 Å². The molecule has 1 aliphatic carbocycles. The van der Waals surface area contributed by atoms with Gasteiger partial charge < -0.3 is 9.64 Å². The maximum Gasteiger partial charge on any atom is 0.276 e. The number of benzene rings is 1. The van der Waals surface area contributed by atoms with E-state index in [9.17, 15) is 4.79 Å². The molecule has 4 rings (SSSR count). The van der Waals surface area contributed by atoms with Crippen LogP contribution in [0.15, 0.2) is 30.5 Å². The summed E-state index contributed by atoms with van der Waals surface area (Å²) in [7, 11) is 1.84. The minimum atomic E-state index is -0.766. The molecule has 0 radical (unpaired) electrons. The third-order valence-corrected chi connectivity index (χ3v) is 4.81. The molecule has 2 aliphatic heterocycles. The summed E-state index contributed by atoms with van der Waals surface area (Å²) in [5, 5.41) is 0. The fourth-order valence-corrected chi connectivity index (χ4v) is 3.90. The number of ether oxygens (including phenoxy) is 1. The lowest BCUT2D eigenvalue weighted by Gasteiger charge is -2.29. The van der Waals surface area contributed by atoms with Gasteiger partial charge in [0.2, 0.25) is 5.60 Å². The summed E-state index contributed by atoms with van der Waals surface area (Å²) in [6.45, 7) is 2.14. The average molecular weight is 241 g/mol. The largest absolute Gasteiger partial charge is 0.480 e. The molecule has 2 bridgehead atoms. The topological polar surface area (TPSA) is 29.5 Å². The smallest absolute Gasteiger partial charge is 0.276 e. The van der Waals surface area contributed by atoms with Crippen LogP contribution in [-0.2, 0) is 15.1 Å². The quantitative estimate of drug-likeness (QED) is 0.698. The molecule has 1 unspecified atom stereocenters. The number of carbonyl (C=O) groups is 1. The van der Waals surface area contributed by atoms with Crippen molar-refractivity contribution in [1.29, 1.82) is 0 Å². The van der Waals surface area contributed by atoms with Gasteiger partial charge in [-0.05, 0) is 30.0 Å². The van der Waals surface area contributed by atoms with Crippen molar-refractivity contribution in [3.8, 4) is 0 Å². The van der Waals surface area contributed by atoms with Crippen molar-refractivity contribution in [2.45, 2.75) is 24.9 Å². The minimum absolute atomic E-state index is 0.0755. The van der Waals surface area contributed by atoms with Crippen LogP contribution < -0.4 is 4.90 Å². The predicted octanol–water partition coefficient (Wildman–Crippen LogP) is 2.53. The van der Waals surface area contributed by atoms with E-state index in [1.807, 2.05) is 25.3 Å². The van der Waals surface area contributed by atoms with Gasteiger partial charge >= 0.3 is 0 Å². The number of allylic oxidation sites excluding steroid dienone is 1. The second kappa shape index (κ2) is 2.97. The summed E-state index contributed by atoms with van der Waals surface area (Å²) in [6, 6.07) is 6.21. The summed E-state index contributed by atoms with van der Waals surface area (Å²) in [4.78, 5) is 14.4. The van der Waals surface area contributed by atoms with Crippen LogP contribution >= 0.6 is 0 Å². The Kier molecular flexibility index (Phi) is 1.68. The van der Waals surface area contributed by atoms with E-state index in [2.05, 4.69) is 13.0 Å². The fraction of sp³-hybridized carbons (Fsp3) is 0.400. The van der Waals surface area contributed by atoms with Gasteiger partial charge in [0.05, 0.1) is 11.9 Å². The molecule has 3 aliphatic rings. The molecule has 1 amide bonds. The van der Waals surface area contributed by atoms with E-state index in [1.165, 1.54) is 5.56 Å². The SMILES string of the molecule is CC1[C@@H]2CC=CO[C@]13C(=O)N(C)c1cccc2c13. The Balaban J connectivity index is 2.11. The minimum Gasteiger partial charge on any atom is -0.480 e. The number of likely N-dealkylation sites (N-methyl/N-ethyl adjacent to an activating group) is 1. The highest BCUT2D eigenvalue weighted by molar-refractivity contribution is 6.08. The van der Waals surface area contributed by atoms with Crippen molar-refractivity contribution in [1.82, 2.24) is 0 Å². The molecule has 92 valence electrons. The van der Waals surface area contributed by atoms with Crippen LogP contribution in [0.3, 0.4) is 0 Å². The van der Waals surface area contributed by atoms with Gasteiger partial charge in [-0.15, -0.1) is 0 Å². The van der Waals surface area contributed by atoms with Crippen molar-refractivity contribution in [2.24, 2.45) is 5.92 Å². The number of carbonyl (C=O) groups excluding carboxylic acids is 1. The van der Waals surface area contributed by atoms with Gasteiger partial charge in [-0.25, -0.2) is 0 Å². The molecule has 3 heteroatoms. The first-order chi connectivity index (χ1) is 8.68. The molecule has 0 saturated carbocycles. The molecule has 1 spiro atoms. The molecule has 0 N–H and O–H groups in total. The summed E-state index contributed by atoms with van der Waals surface area (Å²) >= 11 is 0. The Morgan fingerprint density at radius 2 is 2.28 bits per heavy atom. The van der Waals surface area contributed by atoms with Crippen molar-refractivity contribution in [2.75, 3.05) is 11.9 Å². The van der Waals surface area contributed by atoms with Gasteiger partial charge in [0.1, 0.15) is 0 Å². The van der Waals surface area contributed by atoms with Crippen molar-refractivity contribution >= 4 is 11.6 Å². The summed E-state index contributed by atoms with van der Waals surface area (Å²) in [5.74, 6) is 0.670. The molecule has 3 nitrogen and oxygen atoms in total. The molecule has 1 aromatic carbocycles. The molecule has 3 atom stereocenters. The van der Waals surface area contributed by atoms with Gasteiger partial charge in [-0.3, -0.25) is 4.79 Å². The number of hydrogen-bond acceptors (Lipinski definition) is 2. The van der Waals surface area contributed by atoms with Crippen LogP contribution in [0.1, 0.15) is 30.4 Å². The van der Waals surface area contributed by atoms with E-state index in [4.69, 9.17) is 4.74 Å². The van der Waals surface area contributed by atoms with E-state index in [1.54, 1.807) is 11.2 Å². The zero-order valence-electron chi connectivity index (χ0n) is 10.5. The number of fused-ring (bicyclic) bond motifs is 2. The van der Waals surface area contributed by atoms with E-state index in [0.717, 1.165) is 17.7 Å². The highest BCUT2D eigenvalue weighted by Crippen LogP contribution is 2.60. The maximum atomic E-state index is 12.7. The van der Waals surface area contributed by atoms with Crippen molar-refractivity contribution in [3.63, 3.8) is 0 Å². The van der Waals surface area contributed by atoms with Crippen molar-refractivity contribution < 1.29 is 9.53 Å². The molecule has 1 aromatic rings. The first-order valence-electron chi connectivity index (χ1n) is 6.42. The molecular weight excluding hydrogens is 226 g/mol. The molecule has 2 heterocycles. The zero-order valence-corrected chi connectivity index (χ0v) is 10.5. The first-order valence-corrected chi connectivity index (χ1v) is 6.42. The van der Waals surface area contributed by atoms with Crippen LogP contribution in [-0.4, -0.2) is 13.0 Å². The zero-order chi connectivity index (χ0) is 12.5. The molecule has 18 heavy (non-hydrogen) atoms. The van der Waals surface area contributed by atoms with E-state index < -0.39 is 5.60 Å². The lowest BCUT2D eigenvalue weighted by Crippen LogP contribution is -2.43. The van der Waals surface area contributed by atoms with E-state index >= 15 is 0 Å². The van der Waals surface area contributed by atoms with E-state index in [-0.39, 0.29) is 11.8 Å². The van der Waals surface area contributed by atoms with Crippen LogP contribution in [0, 0.1) is 5.92 Å². The highest BCUT2D eigenvalue weighted by Gasteiger charge is 2.63. The third kappa shape index (κ3) is 0.847. The van der Waals surface area contributed by atoms with Gasteiger partial charge in [0.25, 0.3) is 5.91 Å². The maximum absolute atomic E-state index is 12.7. The Hall–Kier alpha value is -1.77. The second-order valence-electron chi connectivity index (χ2n) is 5.46. The highest BCUT2D eigenvalue weighted by atomic mass is 16.5. The molecule has 0 aromatic heterocycles. The average Bonchev–Trinajstić information content (AvgIpc) is 2.63. The predicted molar refractivity (Wildman–Crippen MR) is 68.3 cm³/mol. The fourth-order valence-electron chi connectivity index (χ4n) is 3.90. The molecule has 0 fully saturated rings. The Morgan fingerprint density at radius 1 is 1.44 bits per heavy atom. The van der Waals surface area contributed by atoms with Crippen LogP contribution in [0.4, 0.5) is 5.69 Å². The summed E-state index contributed by atoms with van der Waals surface area (Å²) in [5.41, 5.74) is 2.65. The molecule has 0 saturated heterocycles. The monoisotopic (exact) mass is 241 g/mol. The number of hydrogen-bond donors (Lipinski definition) is 0. The number of anilines is 1. The number of nitrogens with zero attached hydrogens (tertiary/aromatic N) is 1. The van der Waals surface area contributed by atoms with Gasteiger partial charge in [0, 0.05) is 18.5 Å². The Bertz CT molecular complexity index is 592. The second-order valence-corrected chi connectivity index (χ2v) is 5.46. The lowest BCUT2D eigenvalue weighted by molar-refractivity contribution is -0.141. The van der Waals surface area contributed by atoms with Gasteiger partial charge in [-0.1, -0.05) is 19.1 Å². The van der Waals surface area contributed by atoms with Crippen molar-refractivity contribution in [3.05, 3.63) is 41.7 Å². The normalized spacial score (nSPS) is 35.4. The molecular formula is C15H15NO2. The van der Waals surface area contributed by atoms with Gasteiger partial charge in [0.15, 0.2) is 0 Å². The number of amides is 1. The Morgan fingerprint density at radius 3 is 3.11 bits per heavy atom. The third-order valence-electron chi connectivity index (χ3n) is 4.81. The Labute approximate surface area is 106 Å². The van der Waals surface area contributed by atoms with Gasteiger partial charge in [-0.2, -0.15) is 0 Å². The summed E-state index contributed by atoms with van der Waals surface area (Å²) in [6.07, 6.45) is 4.71. The first kappa shape index (κ1) is 10.2. The number of rotatable bonds is 0. The standard InChI is InChI=1S/C15H15NO2/c1-9-10-6-4-8-18-15(9)13-11(10)5-3-7-12(13)16(2)14(15)17/h3-5,7-10H,6H2,1-2H3/t9?,10-,15+/m0/s1. The van der Waals surface area contributed by atoms with Crippen LogP contribution in [0.25, 0.3) is 0 Å². The van der Waals surface area contributed by atoms with Crippen LogP contribution in [0.5, 0.6) is 0 Å². The summed E-state index contributed by atoms with van der Waals surface area (Å²) < 4.78 is 5.93.